The average Bonchev–Trinajstić information content (AvgIpc) is 2.60. The molecule has 0 aromatic carbocycles. The Morgan fingerprint density at radius 2 is 2.06 bits per heavy atom. The van der Waals surface area contributed by atoms with E-state index in [0.717, 1.165) is 0 Å². The van der Waals surface area contributed by atoms with Gasteiger partial charge in [-0.1, -0.05) is 6.92 Å². The summed E-state index contributed by atoms with van der Waals surface area (Å²) in [6.07, 6.45) is 0.405. The number of carbonyl (C=O) groups is 1. The molecule has 0 radical (unpaired) electrons. The summed E-state index contributed by atoms with van der Waals surface area (Å²) in [6, 6.07) is 0. The van der Waals surface area contributed by atoms with Crippen molar-refractivity contribution in [3.63, 3.8) is 0 Å². The normalized spacial score (nSPS) is 11.6. The molecule has 0 fully saturated rings. The van der Waals surface area contributed by atoms with Gasteiger partial charge in [0.25, 0.3) is 5.91 Å². The van der Waals surface area contributed by atoms with E-state index in [-0.39, 0.29) is 18.9 Å². The molecule has 0 spiro atoms. The van der Waals surface area contributed by atoms with Crippen LogP contribution in [0.3, 0.4) is 0 Å². The minimum atomic E-state index is -1.04. The van der Waals surface area contributed by atoms with Crippen LogP contribution in [0.4, 0.5) is 5.69 Å². The molecule has 0 aliphatic heterocycles. The van der Waals surface area contributed by atoms with E-state index >= 15 is 0 Å². The Labute approximate surface area is 106 Å². The molecule has 0 aliphatic carbocycles. The van der Waals surface area contributed by atoms with E-state index in [1.165, 1.54) is 4.68 Å². The van der Waals surface area contributed by atoms with Crippen LogP contribution < -0.4 is 11.1 Å². The van der Waals surface area contributed by atoms with Gasteiger partial charge in [0, 0.05) is 7.05 Å². The van der Waals surface area contributed by atoms with Crippen LogP contribution in [0.15, 0.2) is 0 Å². The second-order valence-corrected chi connectivity index (χ2v) is 4.38. The molecule has 1 aromatic rings. The second kappa shape index (κ2) is 5.36. The monoisotopic (exact) mass is 256 g/mol. The number of aromatic nitrogens is 2. The lowest BCUT2D eigenvalue weighted by Gasteiger charge is -2.29. The van der Waals surface area contributed by atoms with Crippen LogP contribution in [-0.4, -0.2) is 44.7 Å². The summed E-state index contributed by atoms with van der Waals surface area (Å²) in [5.41, 5.74) is 5.84. The van der Waals surface area contributed by atoms with Gasteiger partial charge in [-0.15, -0.1) is 0 Å². The molecule has 0 bridgehead atoms. The Hall–Kier alpha value is -1.60. The Kier molecular flexibility index (Phi) is 4.31. The quantitative estimate of drug-likeness (QED) is 0.549. The van der Waals surface area contributed by atoms with E-state index in [2.05, 4.69) is 10.4 Å². The Morgan fingerprint density at radius 3 is 2.39 bits per heavy atom. The van der Waals surface area contributed by atoms with Crippen LogP contribution in [-0.2, 0) is 7.05 Å². The van der Waals surface area contributed by atoms with Gasteiger partial charge in [-0.3, -0.25) is 9.48 Å². The number of nitrogens with two attached hydrogens (primary N) is 1. The first-order valence-corrected chi connectivity index (χ1v) is 5.74. The number of carbonyl (C=O) groups excluding carboxylic acids is 1. The fraction of sp³-hybridized carbons (Fsp3) is 0.636. The molecular weight excluding hydrogens is 236 g/mol. The van der Waals surface area contributed by atoms with Crippen LogP contribution in [0.5, 0.6) is 0 Å². The number of hydrogen-bond acceptors (Lipinski definition) is 5. The van der Waals surface area contributed by atoms with E-state index in [1.54, 1.807) is 20.9 Å². The van der Waals surface area contributed by atoms with Gasteiger partial charge in [0.15, 0.2) is 0 Å². The van der Waals surface area contributed by atoms with Crippen molar-refractivity contribution >= 4 is 11.6 Å². The van der Waals surface area contributed by atoms with E-state index in [1.807, 2.05) is 0 Å². The summed E-state index contributed by atoms with van der Waals surface area (Å²) < 4.78 is 1.38. The maximum Gasteiger partial charge on any atom is 0.272 e. The van der Waals surface area contributed by atoms with E-state index in [4.69, 9.17) is 5.73 Å². The minimum Gasteiger partial charge on any atom is -0.395 e. The molecule has 0 unspecified atom stereocenters. The Balaban J connectivity index is 3.01. The van der Waals surface area contributed by atoms with Crippen LogP contribution >= 0.6 is 0 Å². The molecule has 1 amide bonds. The number of aryl methyl sites for hydroxylation is 2. The molecule has 1 heterocycles. The van der Waals surface area contributed by atoms with Gasteiger partial charge in [-0.2, -0.15) is 5.10 Å². The fourth-order valence-electron chi connectivity index (χ4n) is 1.68. The number of nitrogens with zero attached hydrogens (tertiary/aromatic N) is 2. The fourth-order valence-corrected chi connectivity index (χ4v) is 1.68. The van der Waals surface area contributed by atoms with Gasteiger partial charge in [0.05, 0.1) is 30.1 Å². The number of amides is 1. The predicted molar refractivity (Wildman–Crippen MR) is 67.0 cm³/mol. The van der Waals surface area contributed by atoms with Crippen molar-refractivity contribution < 1.29 is 15.0 Å². The molecule has 18 heavy (non-hydrogen) atoms. The lowest BCUT2D eigenvalue weighted by atomic mass is 9.98. The first-order chi connectivity index (χ1) is 8.40. The van der Waals surface area contributed by atoms with Crippen LogP contribution in [0.1, 0.15) is 29.5 Å². The summed E-state index contributed by atoms with van der Waals surface area (Å²) in [6.45, 7) is 2.78. The maximum atomic E-state index is 12.1. The molecule has 7 heteroatoms. The highest BCUT2D eigenvalue weighted by molar-refractivity contribution is 5.98. The number of rotatable bonds is 5. The molecule has 0 aliphatic rings. The number of hydrogen-bond donors (Lipinski definition) is 4. The molecular formula is C11H20N4O3. The zero-order valence-corrected chi connectivity index (χ0v) is 10.9. The third-order valence-electron chi connectivity index (χ3n) is 3.14. The Bertz CT molecular complexity index is 429. The van der Waals surface area contributed by atoms with Gasteiger partial charge in [0.1, 0.15) is 5.69 Å². The Morgan fingerprint density at radius 1 is 1.50 bits per heavy atom. The molecule has 0 atom stereocenters. The third-order valence-corrected chi connectivity index (χ3v) is 3.14. The molecule has 7 nitrogen and oxygen atoms in total. The summed E-state index contributed by atoms with van der Waals surface area (Å²) in [4.78, 5) is 12.1. The molecule has 5 N–H and O–H groups in total. The molecule has 102 valence electrons. The van der Waals surface area contributed by atoms with Crippen LogP contribution in [0.25, 0.3) is 0 Å². The van der Waals surface area contributed by atoms with Gasteiger partial charge in [-0.25, -0.2) is 0 Å². The zero-order valence-electron chi connectivity index (χ0n) is 10.9. The standard InChI is InChI=1S/C11H20N4O3/c1-4-11(5-16,6-17)13-10(18)9-8(12)7(2)14-15(9)3/h16-17H,4-6,12H2,1-3H3,(H,13,18). The van der Waals surface area contributed by atoms with Crippen molar-refractivity contribution in [2.24, 2.45) is 7.05 Å². The summed E-state index contributed by atoms with van der Waals surface area (Å²) >= 11 is 0. The van der Waals surface area contributed by atoms with Gasteiger partial charge in [0.2, 0.25) is 0 Å². The highest BCUT2D eigenvalue weighted by atomic mass is 16.3. The molecule has 1 rings (SSSR count). The van der Waals surface area contributed by atoms with Crippen molar-refractivity contribution in [2.75, 3.05) is 18.9 Å². The second-order valence-electron chi connectivity index (χ2n) is 4.38. The predicted octanol–water partition coefficient (Wildman–Crippen LogP) is -0.826. The highest BCUT2D eigenvalue weighted by Crippen LogP contribution is 2.17. The number of aliphatic hydroxyl groups is 2. The van der Waals surface area contributed by atoms with Crippen LogP contribution in [0.2, 0.25) is 0 Å². The van der Waals surface area contributed by atoms with Gasteiger partial charge < -0.3 is 21.3 Å². The van der Waals surface area contributed by atoms with Crippen molar-refractivity contribution in [2.45, 2.75) is 25.8 Å². The highest BCUT2D eigenvalue weighted by Gasteiger charge is 2.31. The van der Waals surface area contributed by atoms with Crippen molar-refractivity contribution in [1.82, 2.24) is 15.1 Å². The number of nitrogens with one attached hydrogen (secondary N) is 1. The molecule has 0 saturated heterocycles. The number of aliphatic hydroxyl groups excluding tert-OH is 2. The average molecular weight is 256 g/mol. The zero-order chi connectivity index (χ0) is 13.9. The lowest BCUT2D eigenvalue weighted by Crippen LogP contribution is -2.54. The minimum absolute atomic E-state index is 0.229. The van der Waals surface area contributed by atoms with Crippen molar-refractivity contribution in [3.05, 3.63) is 11.4 Å². The number of anilines is 1. The summed E-state index contributed by atoms with van der Waals surface area (Å²) in [7, 11) is 1.61. The topological polar surface area (TPSA) is 113 Å². The number of nitrogen functional groups attached to an aromatic ring is 1. The molecule has 0 saturated carbocycles. The van der Waals surface area contributed by atoms with E-state index < -0.39 is 11.4 Å². The third kappa shape index (κ3) is 2.46. The first-order valence-electron chi connectivity index (χ1n) is 5.74. The van der Waals surface area contributed by atoms with Crippen molar-refractivity contribution in [1.29, 1.82) is 0 Å². The van der Waals surface area contributed by atoms with Crippen molar-refractivity contribution in [3.8, 4) is 0 Å². The summed E-state index contributed by atoms with van der Waals surface area (Å²) in [5.74, 6) is -0.458. The van der Waals surface area contributed by atoms with E-state index in [0.29, 0.717) is 17.8 Å². The van der Waals surface area contributed by atoms with Gasteiger partial charge in [-0.05, 0) is 13.3 Å². The van der Waals surface area contributed by atoms with Gasteiger partial charge >= 0.3 is 0 Å². The largest absolute Gasteiger partial charge is 0.395 e. The summed E-state index contributed by atoms with van der Waals surface area (Å²) in [5, 5.41) is 25.2. The van der Waals surface area contributed by atoms with Crippen LogP contribution in [0, 0.1) is 6.92 Å². The maximum absolute atomic E-state index is 12.1. The smallest absolute Gasteiger partial charge is 0.272 e. The SMILES string of the molecule is CCC(CO)(CO)NC(=O)c1c(N)c(C)nn1C. The lowest BCUT2D eigenvalue weighted by molar-refractivity contribution is 0.0646. The van der Waals surface area contributed by atoms with E-state index in [9.17, 15) is 15.0 Å². The first kappa shape index (κ1) is 14.5. The molecule has 1 aromatic heterocycles.